The summed E-state index contributed by atoms with van der Waals surface area (Å²) in [5, 5.41) is 13.1. The van der Waals surface area contributed by atoms with Crippen molar-refractivity contribution < 1.29 is 27.7 Å². The summed E-state index contributed by atoms with van der Waals surface area (Å²) in [5.41, 5.74) is -0.0801. The van der Waals surface area contributed by atoms with E-state index < -0.39 is 39.3 Å². The van der Waals surface area contributed by atoms with Gasteiger partial charge in [0.25, 0.3) is 11.6 Å². The number of benzene rings is 1. The molecule has 3 rings (SSSR count). The van der Waals surface area contributed by atoms with Crippen LogP contribution in [0.2, 0.25) is 5.02 Å². The highest BCUT2D eigenvalue weighted by atomic mass is 35.5. The number of sulfonamides is 1. The predicted octanol–water partition coefficient (Wildman–Crippen LogP) is 2.23. The number of non-ortho nitro benzene ring substituents is 1. The first-order valence-corrected chi connectivity index (χ1v) is 11.3. The van der Waals surface area contributed by atoms with Gasteiger partial charge in [-0.25, -0.2) is 8.42 Å². The zero-order valence-corrected chi connectivity index (χ0v) is 18.2. The van der Waals surface area contributed by atoms with Crippen LogP contribution in [-0.4, -0.2) is 54.2 Å². The number of nitrogens with zero attached hydrogens (tertiary/aromatic N) is 3. The number of carbonyl (C=O) groups excluding carboxylic acids is 2. The normalized spacial score (nSPS) is 15.2. The van der Waals surface area contributed by atoms with Crippen LogP contribution in [0.4, 0.5) is 11.4 Å². The molecule has 0 bridgehead atoms. The Morgan fingerprint density at radius 3 is 2.59 bits per heavy atom. The Bertz CT molecular complexity index is 1120. The number of hydrogen-bond acceptors (Lipinski definition) is 8. The molecule has 1 N–H and O–H groups in total. The van der Waals surface area contributed by atoms with Gasteiger partial charge < -0.3 is 10.1 Å². The van der Waals surface area contributed by atoms with E-state index in [1.54, 1.807) is 0 Å². The lowest BCUT2D eigenvalue weighted by Crippen LogP contribution is -2.41. The quantitative estimate of drug-likeness (QED) is 0.358. The summed E-state index contributed by atoms with van der Waals surface area (Å²) in [6, 6.07) is 6.54. The fourth-order valence-corrected chi connectivity index (χ4v) is 4.80. The van der Waals surface area contributed by atoms with Crippen LogP contribution >= 0.6 is 11.6 Å². The minimum Gasteiger partial charge on any atom is -0.455 e. The molecule has 1 aromatic heterocycles. The molecule has 170 valence electrons. The Labute approximate surface area is 188 Å². The van der Waals surface area contributed by atoms with Crippen LogP contribution in [0, 0.1) is 16.0 Å². The number of amides is 1. The number of nitro benzene ring substituents is 1. The van der Waals surface area contributed by atoms with Crippen molar-refractivity contribution in [1.29, 1.82) is 0 Å². The number of nitro groups is 1. The lowest BCUT2D eigenvalue weighted by atomic mass is 9.98. The van der Waals surface area contributed by atoms with E-state index >= 15 is 0 Å². The molecule has 0 saturated carbocycles. The molecule has 11 nitrogen and oxygen atoms in total. The van der Waals surface area contributed by atoms with Gasteiger partial charge in [-0.1, -0.05) is 11.6 Å². The molecule has 1 aliphatic heterocycles. The molecule has 1 saturated heterocycles. The first-order valence-electron chi connectivity index (χ1n) is 9.49. The number of nitrogens with one attached hydrogen (secondary N) is 1. The number of halogens is 1. The van der Waals surface area contributed by atoms with Gasteiger partial charge in [0.1, 0.15) is 4.90 Å². The summed E-state index contributed by atoms with van der Waals surface area (Å²) < 4.78 is 31.5. The molecule has 2 aromatic rings. The van der Waals surface area contributed by atoms with Crippen molar-refractivity contribution in [2.45, 2.75) is 17.7 Å². The number of piperidine rings is 1. The number of rotatable bonds is 7. The number of carbonyl (C=O) groups is 2. The topological polar surface area (TPSA) is 149 Å². The van der Waals surface area contributed by atoms with E-state index in [0.717, 1.165) is 6.07 Å². The van der Waals surface area contributed by atoms with Gasteiger partial charge in [-0.2, -0.15) is 4.31 Å². The summed E-state index contributed by atoms with van der Waals surface area (Å²) in [6.45, 7) is -0.288. The van der Waals surface area contributed by atoms with Gasteiger partial charge in [-0.05, 0) is 31.0 Å². The van der Waals surface area contributed by atoms with Crippen molar-refractivity contribution in [2.75, 3.05) is 25.0 Å². The SMILES string of the molecule is O=C(COC(=O)C1CCN(S(=O)(=O)c2cccnc2)CC1)Nc1ccc([N+](=O)[O-])cc1Cl. The van der Waals surface area contributed by atoms with E-state index in [1.807, 2.05) is 0 Å². The van der Waals surface area contributed by atoms with Crippen LogP contribution in [0.5, 0.6) is 0 Å². The van der Waals surface area contributed by atoms with E-state index in [2.05, 4.69) is 10.3 Å². The molecule has 1 amide bonds. The number of anilines is 1. The van der Waals surface area contributed by atoms with E-state index in [-0.39, 0.29) is 47.2 Å². The summed E-state index contributed by atoms with van der Waals surface area (Å²) in [4.78, 5) is 38.3. The predicted molar refractivity (Wildman–Crippen MR) is 113 cm³/mol. The monoisotopic (exact) mass is 482 g/mol. The summed E-state index contributed by atoms with van der Waals surface area (Å²) in [6.07, 6.45) is 3.26. The molecule has 0 spiro atoms. The Kier molecular flexibility index (Phi) is 7.38. The van der Waals surface area contributed by atoms with Gasteiger partial charge in [0.15, 0.2) is 6.61 Å². The van der Waals surface area contributed by atoms with Gasteiger partial charge in [-0.3, -0.25) is 24.7 Å². The number of ether oxygens (including phenoxy) is 1. The van der Waals surface area contributed by atoms with E-state index in [4.69, 9.17) is 16.3 Å². The molecule has 1 aliphatic rings. The molecular weight excluding hydrogens is 464 g/mol. The highest BCUT2D eigenvalue weighted by Gasteiger charge is 2.33. The Morgan fingerprint density at radius 2 is 2.00 bits per heavy atom. The largest absolute Gasteiger partial charge is 0.455 e. The van der Waals surface area contributed by atoms with Crippen molar-refractivity contribution >= 4 is 44.9 Å². The van der Waals surface area contributed by atoms with Gasteiger partial charge in [0, 0.05) is 37.6 Å². The van der Waals surface area contributed by atoms with Crippen molar-refractivity contribution in [2.24, 2.45) is 5.92 Å². The lowest BCUT2D eigenvalue weighted by Gasteiger charge is -2.29. The molecule has 0 unspecified atom stereocenters. The van der Waals surface area contributed by atoms with Crippen LogP contribution in [0.1, 0.15) is 12.8 Å². The van der Waals surface area contributed by atoms with Gasteiger partial charge in [-0.15, -0.1) is 0 Å². The third kappa shape index (κ3) is 5.58. The molecular formula is C19H19ClN4O7S. The van der Waals surface area contributed by atoms with Crippen molar-refractivity contribution in [1.82, 2.24) is 9.29 Å². The molecule has 0 radical (unpaired) electrons. The first kappa shape index (κ1) is 23.6. The first-order chi connectivity index (χ1) is 15.2. The molecule has 13 heteroatoms. The number of esters is 1. The molecule has 1 aromatic carbocycles. The smallest absolute Gasteiger partial charge is 0.309 e. The van der Waals surface area contributed by atoms with E-state index in [9.17, 15) is 28.1 Å². The Hall–Kier alpha value is -3.09. The Balaban J connectivity index is 1.48. The van der Waals surface area contributed by atoms with E-state index in [1.165, 1.54) is 41.0 Å². The minimum atomic E-state index is -3.68. The molecule has 1 fully saturated rings. The Morgan fingerprint density at radius 1 is 1.28 bits per heavy atom. The standard InChI is InChI=1S/C19H19ClN4O7S/c20-16-10-14(24(27)28)3-4-17(16)22-18(25)12-31-19(26)13-5-8-23(9-6-13)32(29,30)15-2-1-7-21-11-15/h1-4,7,10-11,13H,5-6,8-9,12H2,(H,22,25). The second kappa shape index (κ2) is 10.0. The average molecular weight is 483 g/mol. The van der Waals surface area contributed by atoms with Gasteiger partial charge in [0.05, 0.1) is 21.6 Å². The summed E-state index contributed by atoms with van der Waals surface area (Å²) in [5.74, 6) is -1.80. The second-order valence-corrected chi connectivity index (χ2v) is 9.29. The van der Waals surface area contributed by atoms with Crippen molar-refractivity contribution in [3.63, 3.8) is 0 Å². The molecule has 0 atom stereocenters. The minimum absolute atomic E-state index is 0.0268. The summed E-state index contributed by atoms with van der Waals surface area (Å²) >= 11 is 5.91. The van der Waals surface area contributed by atoms with Gasteiger partial charge in [0.2, 0.25) is 10.0 Å². The zero-order chi connectivity index (χ0) is 23.3. The number of pyridine rings is 1. The van der Waals surface area contributed by atoms with Crippen LogP contribution in [0.3, 0.4) is 0 Å². The maximum atomic E-state index is 12.6. The second-order valence-electron chi connectivity index (χ2n) is 6.94. The highest BCUT2D eigenvalue weighted by Crippen LogP contribution is 2.27. The maximum Gasteiger partial charge on any atom is 0.309 e. The van der Waals surface area contributed by atoms with Crippen LogP contribution in [-0.2, 0) is 24.3 Å². The van der Waals surface area contributed by atoms with Crippen LogP contribution in [0.25, 0.3) is 0 Å². The summed E-state index contributed by atoms with van der Waals surface area (Å²) in [7, 11) is -3.68. The van der Waals surface area contributed by atoms with Crippen LogP contribution < -0.4 is 5.32 Å². The van der Waals surface area contributed by atoms with Crippen molar-refractivity contribution in [3.05, 3.63) is 57.9 Å². The molecule has 32 heavy (non-hydrogen) atoms. The average Bonchev–Trinajstić information content (AvgIpc) is 2.79. The fraction of sp³-hybridized carbons (Fsp3) is 0.316. The molecule has 2 heterocycles. The fourth-order valence-electron chi connectivity index (χ4n) is 3.14. The molecule has 0 aliphatic carbocycles. The third-order valence-corrected chi connectivity index (χ3v) is 7.04. The van der Waals surface area contributed by atoms with Gasteiger partial charge >= 0.3 is 5.97 Å². The lowest BCUT2D eigenvalue weighted by molar-refractivity contribution is -0.384. The third-order valence-electron chi connectivity index (χ3n) is 4.84. The van der Waals surface area contributed by atoms with Crippen molar-refractivity contribution in [3.8, 4) is 0 Å². The van der Waals surface area contributed by atoms with Crippen LogP contribution in [0.15, 0.2) is 47.6 Å². The maximum absolute atomic E-state index is 12.6. The highest BCUT2D eigenvalue weighted by molar-refractivity contribution is 7.89. The van der Waals surface area contributed by atoms with E-state index in [0.29, 0.717) is 0 Å². The number of aromatic nitrogens is 1. The zero-order valence-electron chi connectivity index (χ0n) is 16.6. The number of hydrogen-bond donors (Lipinski definition) is 1.